The second-order valence-electron chi connectivity index (χ2n) is 1.98. The first-order chi connectivity index (χ1) is 5.02. The van der Waals surface area contributed by atoms with Crippen LogP contribution >= 0.6 is 11.6 Å². The number of halogens is 4. The van der Waals surface area contributed by atoms with E-state index in [1.54, 1.807) is 0 Å². The molecule has 0 atom stereocenters. The van der Waals surface area contributed by atoms with Crippen molar-refractivity contribution in [2.75, 3.05) is 0 Å². The molecule has 64 valence electrons. The molecule has 1 aromatic carbocycles. The van der Waals surface area contributed by atoms with Crippen molar-refractivity contribution in [2.24, 2.45) is 0 Å². The van der Waals surface area contributed by atoms with Gasteiger partial charge in [-0.1, -0.05) is 23.7 Å². The third-order valence-corrected chi connectivity index (χ3v) is 1.51. The highest BCUT2D eigenvalue weighted by Gasteiger charge is 2.32. The molecule has 0 aliphatic carbocycles. The summed E-state index contributed by atoms with van der Waals surface area (Å²) in [5, 5.41) is -0.264. The molecule has 12 heavy (non-hydrogen) atoms. The SMILES string of the molecule is FC(F)(F)c1ccccc1Cl.[MgH2]. The first-order valence-electron chi connectivity index (χ1n) is 2.83. The fourth-order valence-electron chi connectivity index (χ4n) is 0.691. The van der Waals surface area contributed by atoms with Gasteiger partial charge in [-0.3, -0.25) is 0 Å². The summed E-state index contributed by atoms with van der Waals surface area (Å²) in [6, 6.07) is 4.92. The molecule has 0 amide bonds. The summed E-state index contributed by atoms with van der Waals surface area (Å²) >= 11 is 5.29. The van der Waals surface area contributed by atoms with Crippen molar-refractivity contribution in [1.82, 2.24) is 0 Å². The average molecular weight is 207 g/mol. The molecule has 0 heterocycles. The zero-order valence-corrected chi connectivity index (χ0v) is 6.08. The standard InChI is InChI=1S/C7H4ClF3.Mg.2H/c8-6-4-2-1-3-5(6)7(9,10)11;;;/h1-4H;;;. The van der Waals surface area contributed by atoms with E-state index in [4.69, 9.17) is 11.6 Å². The Labute approximate surface area is 88.9 Å². The molecule has 0 spiro atoms. The highest BCUT2D eigenvalue weighted by molar-refractivity contribution is 6.31. The maximum Gasteiger partial charge on any atom is 0.417 e. The van der Waals surface area contributed by atoms with E-state index < -0.39 is 11.7 Å². The minimum absolute atomic E-state index is 0. The fraction of sp³-hybridized carbons (Fsp3) is 0.143. The molecule has 0 aliphatic heterocycles. The fourth-order valence-corrected chi connectivity index (χ4v) is 0.934. The molecule has 1 rings (SSSR count). The van der Waals surface area contributed by atoms with Gasteiger partial charge in [0.2, 0.25) is 0 Å². The van der Waals surface area contributed by atoms with Gasteiger partial charge < -0.3 is 0 Å². The summed E-state index contributed by atoms with van der Waals surface area (Å²) in [6.45, 7) is 0. The number of benzene rings is 1. The van der Waals surface area contributed by atoms with E-state index in [1.165, 1.54) is 18.2 Å². The summed E-state index contributed by atoms with van der Waals surface area (Å²) in [5.74, 6) is 0. The monoisotopic (exact) mass is 206 g/mol. The van der Waals surface area contributed by atoms with E-state index in [9.17, 15) is 13.2 Å². The van der Waals surface area contributed by atoms with Crippen LogP contribution in [-0.2, 0) is 6.18 Å². The molecule has 1 aromatic rings. The van der Waals surface area contributed by atoms with Crippen molar-refractivity contribution in [2.45, 2.75) is 6.18 Å². The molecule has 0 unspecified atom stereocenters. The second kappa shape index (κ2) is 4.34. The van der Waals surface area contributed by atoms with Gasteiger partial charge in [0.25, 0.3) is 0 Å². The Morgan fingerprint density at radius 1 is 1.08 bits per heavy atom. The Balaban J connectivity index is 0.00000121. The molecule has 0 bridgehead atoms. The maximum absolute atomic E-state index is 12.0. The van der Waals surface area contributed by atoms with Crippen LogP contribution in [0.4, 0.5) is 13.2 Å². The topological polar surface area (TPSA) is 0 Å². The molecule has 0 N–H and O–H groups in total. The maximum atomic E-state index is 12.0. The van der Waals surface area contributed by atoms with E-state index in [-0.39, 0.29) is 28.1 Å². The lowest BCUT2D eigenvalue weighted by Crippen LogP contribution is -2.04. The van der Waals surface area contributed by atoms with Crippen molar-refractivity contribution in [3.05, 3.63) is 34.9 Å². The van der Waals surface area contributed by atoms with Gasteiger partial charge >= 0.3 is 29.2 Å². The zero-order chi connectivity index (χ0) is 8.48. The first-order valence-corrected chi connectivity index (χ1v) is 3.21. The van der Waals surface area contributed by atoms with Crippen LogP contribution in [-0.4, -0.2) is 23.1 Å². The minimum Gasteiger partial charge on any atom is -0.166 e. The number of alkyl halides is 3. The minimum atomic E-state index is -4.35. The van der Waals surface area contributed by atoms with Gasteiger partial charge in [-0.25, -0.2) is 0 Å². The van der Waals surface area contributed by atoms with Gasteiger partial charge in [-0.15, -0.1) is 0 Å². The molecular formula is C7H6ClF3Mg. The van der Waals surface area contributed by atoms with Gasteiger partial charge in [-0.2, -0.15) is 13.2 Å². The van der Waals surface area contributed by atoms with Gasteiger partial charge in [0, 0.05) is 0 Å². The lowest BCUT2D eigenvalue weighted by Gasteiger charge is -2.06. The van der Waals surface area contributed by atoms with Gasteiger partial charge in [0.15, 0.2) is 0 Å². The van der Waals surface area contributed by atoms with E-state index in [0.717, 1.165) is 6.07 Å². The molecule has 0 saturated heterocycles. The Kier molecular flexibility index (Phi) is 4.37. The number of hydrogen-bond acceptors (Lipinski definition) is 0. The molecule has 0 aromatic heterocycles. The van der Waals surface area contributed by atoms with E-state index in [0.29, 0.717) is 0 Å². The zero-order valence-electron chi connectivity index (χ0n) is 5.32. The Morgan fingerprint density at radius 2 is 1.58 bits per heavy atom. The number of rotatable bonds is 0. The highest BCUT2D eigenvalue weighted by atomic mass is 35.5. The van der Waals surface area contributed by atoms with Crippen LogP contribution in [0.25, 0.3) is 0 Å². The molecular weight excluding hydrogens is 201 g/mol. The summed E-state index contributed by atoms with van der Waals surface area (Å²) in [4.78, 5) is 0. The Morgan fingerprint density at radius 3 is 1.92 bits per heavy atom. The largest absolute Gasteiger partial charge is 0.417 e. The van der Waals surface area contributed by atoms with Crippen LogP contribution in [0.15, 0.2) is 24.3 Å². The molecule has 0 saturated carbocycles. The Bertz CT molecular complexity index is 259. The van der Waals surface area contributed by atoms with Crippen LogP contribution in [0.2, 0.25) is 5.02 Å². The van der Waals surface area contributed by atoms with Crippen molar-refractivity contribution in [1.29, 1.82) is 0 Å². The van der Waals surface area contributed by atoms with Crippen LogP contribution in [0.1, 0.15) is 5.56 Å². The molecule has 0 aliphatic rings. The van der Waals surface area contributed by atoms with Gasteiger partial charge in [-0.05, 0) is 12.1 Å². The summed E-state index contributed by atoms with van der Waals surface area (Å²) in [6.07, 6.45) is -4.35. The number of hydrogen-bond donors (Lipinski definition) is 0. The second-order valence-corrected chi connectivity index (χ2v) is 2.38. The summed E-state index contributed by atoms with van der Waals surface area (Å²) in [7, 11) is 0. The van der Waals surface area contributed by atoms with Crippen molar-refractivity contribution < 1.29 is 13.2 Å². The van der Waals surface area contributed by atoms with Gasteiger partial charge in [0.1, 0.15) is 0 Å². The van der Waals surface area contributed by atoms with E-state index >= 15 is 0 Å². The lowest BCUT2D eigenvalue weighted by atomic mass is 10.2. The first kappa shape index (κ1) is 12.1. The molecule has 0 fully saturated rings. The van der Waals surface area contributed by atoms with Crippen molar-refractivity contribution >= 4 is 34.7 Å². The molecule has 0 radical (unpaired) electrons. The van der Waals surface area contributed by atoms with Crippen LogP contribution in [0.5, 0.6) is 0 Å². The predicted octanol–water partition coefficient (Wildman–Crippen LogP) is 2.44. The van der Waals surface area contributed by atoms with Crippen LogP contribution < -0.4 is 0 Å². The van der Waals surface area contributed by atoms with E-state index in [2.05, 4.69) is 0 Å². The Hall–Kier alpha value is 0.0662. The highest BCUT2D eigenvalue weighted by Crippen LogP contribution is 2.33. The molecule has 0 nitrogen and oxygen atoms in total. The lowest BCUT2D eigenvalue weighted by molar-refractivity contribution is -0.137. The van der Waals surface area contributed by atoms with Gasteiger partial charge in [0.05, 0.1) is 10.6 Å². The smallest absolute Gasteiger partial charge is 0.166 e. The van der Waals surface area contributed by atoms with Crippen molar-refractivity contribution in [3.8, 4) is 0 Å². The average Bonchev–Trinajstić information content (AvgIpc) is 1.86. The summed E-state index contributed by atoms with van der Waals surface area (Å²) in [5.41, 5.74) is -0.790. The van der Waals surface area contributed by atoms with E-state index in [1.807, 2.05) is 0 Å². The quantitative estimate of drug-likeness (QED) is 0.573. The third kappa shape index (κ3) is 2.84. The summed E-state index contributed by atoms with van der Waals surface area (Å²) < 4.78 is 35.9. The van der Waals surface area contributed by atoms with Crippen LogP contribution in [0.3, 0.4) is 0 Å². The molecule has 5 heteroatoms. The third-order valence-electron chi connectivity index (χ3n) is 1.18. The van der Waals surface area contributed by atoms with Crippen LogP contribution in [0, 0.1) is 0 Å². The predicted molar refractivity (Wildman–Crippen MR) is 45.0 cm³/mol. The normalized spacial score (nSPS) is 10.7. The van der Waals surface area contributed by atoms with Crippen molar-refractivity contribution in [3.63, 3.8) is 0 Å².